The van der Waals surface area contributed by atoms with Crippen LogP contribution in [0.1, 0.15) is 100 Å². The van der Waals surface area contributed by atoms with Gasteiger partial charge in [-0.3, -0.25) is 0 Å². The Hall–Kier alpha value is -0.0400. The molecule has 0 aromatic heterocycles. The lowest BCUT2D eigenvalue weighted by atomic mass is 9.83. The van der Waals surface area contributed by atoms with Gasteiger partial charge in [-0.2, -0.15) is 0 Å². The monoisotopic (exact) mass is 313 g/mol. The smallest absolute Gasteiger partial charge is 0.000965 e. The molecular weight excluding hydrogens is 266 g/mol. The van der Waals surface area contributed by atoms with Gasteiger partial charge in [-0.15, -0.1) is 0 Å². The Labute approximate surface area is 143 Å². The highest BCUT2D eigenvalue weighted by molar-refractivity contribution is 4.73. The van der Waals surface area contributed by atoms with Crippen LogP contribution in [0.15, 0.2) is 0 Å². The van der Waals surface area contributed by atoms with E-state index in [9.17, 15) is 0 Å². The van der Waals surface area contributed by atoms with Gasteiger partial charge in [-0.05, 0) is 56.5 Å². The Morgan fingerprint density at radius 2 is 1.27 bits per heavy atom. The lowest BCUT2D eigenvalue weighted by molar-refractivity contribution is 0.184. The van der Waals surface area contributed by atoms with Gasteiger partial charge < -0.3 is 4.90 Å². The van der Waals surface area contributed by atoms with Crippen molar-refractivity contribution in [1.82, 2.24) is 4.90 Å². The van der Waals surface area contributed by atoms with Crippen LogP contribution in [0.4, 0.5) is 0 Å². The molecule has 0 saturated heterocycles. The zero-order chi connectivity index (χ0) is 17.4. The van der Waals surface area contributed by atoms with E-state index in [-0.39, 0.29) is 0 Å². The average molecular weight is 314 g/mol. The summed E-state index contributed by atoms with van der Waals surface area (Å²) >= 11 is 0. The number of rotatable bonds is 7. The van der Waals surface area contributed by atoms with Gasteiger partial charge in [0.1, 0.15) is 0 Å². The van der Waals surface area contributed by atoms with Gasteiger partial charge in [0.2, 0.25) is 0 Å². The second kappa shape index (κ2) is 17.3. The molecule has 0 aromatic carbocycles. The Bertz CT molecular complexity index is 186. The van der Waals surface area contributed by atoms with Crippen molar-refractivity contribution in [2.75, 3.05) is 19.6 Å². The van der Waals surface area contributed by atoms with Gasteiger partial charge in [0.15, 0.2) is 0 Å². The highest BCUT2D eigenvalue weighted by Crippen LogP contribution is 2.28. The summed E-state index contributed by atoms with van der Waals surface area (Å²) in [5, 5.41) is 0. The predicted molar refractivity (Wildman–Crippen MR) is 105 cm³/mol. The summed E-state index contributed by atoms with van der Waals surface area (Å²) in [4.78, 5) is 2.68. The second-order valence-electron chi connectivity index (χ2n) is 7.23. The third-order valence-electron chi connectivity index (χ3n) is 4.55. The fraction of sp³-hybridized carbons (Fsp3) is 1.00. The Balaban J connectivity index is 0. The van der Waals surface area contributed by atoms with Gasteiger partial charge in [0.05, 0.1) is 0 Å². The van der Waals surface area contributed by atoms with E-state index in [1.54, 1.807) is 0 Å². The molecule has 0 spiro atoms. The summed E-state index contributed by atoms with van der Waals surface area (Å²) in [6.07, 6.45) is 9.82. The zero-order valence-electron chi connectivity index (χ0n) is 17.3. The van der Waals surface area contributed by atoms with E-state index < -0.39 is 0 Å². The Morgan fingerprint density at radius 3 is 1.59 bits per heavy atom. The molecule has 0 unspecified atom stereocenters. The molecule has 0 aliphatic heterocycles. The first-order valence-corrected chi connectivity index (χ1v) is 10.3. The minimum Gasteiger partial charge on any atom is -0.303 e. The summed E-state index contributed by atoms with van der Waals surface area (Å²) in [6, 6.07) is 0. The van der Waals surface area contributed by atoms with Gasteiger partial charge in [-0.1, -0.05) is 74.7 Å². The number of nitrogens with zero attached hydrogens (tertiary/aromatic N) is 1. The van der Waals surface area contributed by atoms with E-state index >= 15 is 0 Å². The van der Waals surface area contributed by atoms with E-state index in [1.165, 1.54) is 64.6 Å². The van der Waals surface area contributed by atoms with Crippen molar-refractivity contribution in [3.8, 4) is 0 Å². The molecule has 1 heteroatoms. The molecule has 1 saturated carbocycles. The highest BCUT2D eigenvalue weighted by Gasteiger charge is 2.19. The predicted octanol–water partition coefficient (Wildman–Crippen LogP) is 7.01. The summed E-state index contributed by atoms with van der Waals surface area (Å²) in [7, 11) is 0. The number of hydrogen-bond donors (Lipinski definition) is 0. The minimum absolute atomic E-state index is 0.884. The molecule has 1 rings (SSSR count). The van der Waals surface area contributed by atoms with Gasteiger partial charge in [0.25, 0.3) is 0 Å². The molecule has 0 bridgehead atoms. The quantitative estimate of drug-likeness (QED) is 0.488. The maximum absolute atomic E-state index is 2.68. The molecule has 0 N–H and O–H groups in total. The second-order valence-corrected chi connectivity index (χ2v) is 7.23. The van der Waals surface area contributed by atoms with E-state index in [0.717, 1.165) is 17.8 Å². The van der Waals surface area contributed by atoms with Crippen molar-refractivity contribution in [3.05, 3.63) is 0 Å². The molecular formula is C21H47N. The Morgan fingerprint density at radius 1 is 0.864 bits per heavy atom. The van der Waals surface area contributed by atoms with Crippen LogP contribution < -0.4 is 0 Å². The lowest BCUT2D eigenvalue weighted by Crippen LogP contribution is -2.32. The summed E-state index contributed by atoms with van der Waals surface area (Å²) < 4.78 is 0. The van der Waals surface area contributed by atoms with E-state index in [0.29, 0.717) is 0 Å². The van der Waals surface area contributed by atoms with Crippen LogP contribution in [0.3, 0.4) is 0 Å². The first-order valence-electron chi connectivity index (χ1n) is 10.3. The summed E-state index contributed by atoms with van der Waals surface area (Å²) in [6.45, 7) is 21.6. The molecule has 0 atom stereocenters. The molecule has 0 aromatic rings. The van der Waals surface area contributed by atoms with E-state index in [1.807, 2.05) is 13.8 Å². The fourth-order valence-electron chi connectivity index (χ4n) is 2.80. The van der Waals surface area contributed by atoms with Gasteiger partial charge in [-0.25, -0.2) is 0 Å². The molecule has 1 aliphatic carbocycles. The third-order valence-corrected chi connectivity index (χ3v) is 4.55. The minimum atomic E-state index is 0.884. The van der Waals surface area contributed by atoms with Crippen LogP contribution in [0.2, 0.25) is 0 Å². The van der Waals surface area contributed by atoms with Crippen molar-refractivity contribution in [1.29, 1.82) is 0 Å². The molecule has 1 fully saturated rings. The molecule has 0 heterocycles. The van der Waals surface area contributed by atoms with Gasteiger partial charge >= 0.3 is 0 Å². The molecule has 1 aliphatic rings. The maximum Gasteiger partial charge on any atom is 0.000965 e. The van der Waals surface area contributed by atoms with Crippen LogP contribution in [-0.4, -0.2) is 24.5 Å². The van der Waals surface area contributed by atoms with Crippen molar-refractivity contribution in [3.63, 3.8) is 0 Å². The molecule has 1 nitrogen and oxygen atoms in total. The first kappa shape index (κ1) is 24.2. The normalized spacial score (nSPS) is 21.0. The number of hydrogen-bond acceptors (Lipinski definition) is 1. The maximum atomic E-state index is 2.68. The first-order chi connectivity index (χ1) is 10.5. The van der Waals surface area contributed by atoms with Gasteiger partial charge in [0, 0.05) is 6.54 Å². The topological polar surface area (TPSA) is 3.24 Å². The standard InChI is InChI=1S/C14H29N.C5H12.C2H6/c1-4-10-15(11-5-2)12-14-8-6-13(3)7-9-14;1-4-5(2)3;1-2/h13-14H,4-12H2,1-3H3;5H,4H2,1-3H3;1-2H3. The zero-order valence-corrected chi connectivity index (χ0v) is 17.3. The molecule has 0 radical (unpaired) electrons. The van der Waals surface area contributed by atoms with E-state index in [4.69, 9.17) is 0 Å². The molecule has 22 heavy (non-hydrogen) atoms. The van der Waals surface area contributed by atoms with Crippen LogP contribution in [-0.2, 0) is 0 Å². The van der Waals surface area contributed by atoms with Crippen LogP contribution in [0, 0.1) is 17.8 Å². The fourth-order valence-corrected chi connectivity index (χ4v) is 2.80. The SMILES string of the molecule is CC.CCC(C)C.CCCN(CCC)CC1CCC(C)CC1. The van der Waals surface area contributed by atoms with Crippen molar-refractivity contribution >= 4 is 0 Å². The van der Waals surface area contributed by atoms with Crippen molar-refractivity contribution in [2.24, 2.45) is 17.8 Å². The van der Waals surface area contributed by atoms with Crippen molar-refractivity contribution in [2.45, 2.75) is 100 Å². The largest absolute Gasteiger partial charge is 0.303 e. The summed E-state index contributed by atoms with van der Waals surface area (Å²) in [5.41, 5.74) is 0. The average Bonchev–Trinajstić information content (AvgIpc) is 2.52. The molecule has 0 amide bonds. The highest BCUT2D eigenvalue weighted by atomic mass is 15.1. The Kier molecular flexibility index (Phi) is 19.1. The van der Waals surface area contributed by atoms with Crippen LogP contribution >= 0.6 is 0 Å². The van der Waals surface area contributed by atoms with Crippen LogP contribution in [0.5, 0.6) is 0 Å². The lowest BCUT2D eigenvalue weighted by Gasteiger charge is -2.31. The summed E-state index contributed by atoms with van der Waals surface area (Å²) in [5.74, 6) is 2.88. The van der Waals surface area contributed by atoms with E-state index in [2.05, 4.69) is 46.4 Å². The third kappa shape index (κ3) is 14.9. The molecule has 136 valence electrons. The van der Waals surface area contributed by atoms with Crippen molar-refractivity contribution < 1.29 is 0 Å². The van der Waals surface area contributed by atoms with Crippen LogP contribution in [0.25, 0.3) is 0 Å².